The van der Waals surface area contributed by atoms with Crippen LogP contribution in [0.1, 0.15) is 26.2 Å². The van der Waals surface area contributed by atoms with Crippen LogP contribution in [0.5, 0.6) is 0 Å². The third kappa shape index (κ3) is 4.51. The number of nitrogens with one attached hydrogen (secondary N) is 1. The van der Waals surface area contributed by atoms with Crippen LogP contribution < -0.4 is 5.32 Å². The Morgan fingerprint density at radius 3 is 2.76 bits per heavy atom. The van der Waals surface area contributed by atoms with E-state index in [0.717, 1.165) is 24.6 Å². The lowest BCUT2D eigenvalue weighted by molar-refractivity contribution is 0.366. The Morgan fingerprint density at radius 2 is 2.12 bits per heavy atom. The zero-order valence-corrected chi connectivity index (χ0v) is 15.7. The molecule has 3 rings (SSSR count). The van der Waals surface area contributed by atoms with Crippen LogP contribution >= 0.6 is 11.6 Å². The second-order valence-electron chi connectivity index (χ2n) is 7.08. The maximum absolute atomic E-state index is 5.90. The highest BCUT2D eigenvalue weighted by Crippen LogP contribution is 2.28. The molecule has 0 bridgehead atoms. The molecule has 0 unspecified atom stereocenters. The van der Waals surface area contributed by atoms with Crippen LogP contribution in [0.3, 0.4) is 0 Å². The zero-order chi connectivity index (χ0) is 17.9. The van der Waals surface area contributed by atoms with Gasteiger partial charge in [0.05, 0.1) is 0 Å². The SMILES string of the molecule is CN=C(NCCc1nc(-c2ccc(Cl)cc2)no1)N1CCC(C)(C)C1. The molecule has 1 aromatic carbocycles. The first-order valence-corrected chi connectivity index (χ1v) is 8.89. The van der Waals surface area contributed by atoms with Gasteiger partial charge < -0.3 is 14.7 Å². The van der Waals surface area contributed by atoms with Gasteiger partial charge in [-0.15, -0.1) is 0 Å². The summed E-state index contributed by atoms with van der Waals surface area (Å²) in [6.07, 6.45) is 1.83. The quantitative estimate of drug-likeness (QED) is 0.669. The van der Waals surface area contributed by atoms with E-state index in [9.17, 15) is 0 Å². The molecule has 7 heteroatoms. The lowest BCUT2D eigenvalue weighted by Crippen LogP contribution is -2.41. The predicted molar refractivity (Wildman–Crippen MR) is 99.8 cm³/mol. The van der Waals surface area contributed by atoms with E-state index in [1.165, 1.54) is 6.42 Å². The van der Waals surface area contributed by atoms with Gasteiger partial charge >= 0.3 is 0 Å². The smallest absolute Gasteiger partial charge is 0.228 e. The maximum Gasteiger partial charge on any atom is 0.228 e. The second-order valence-corrected chi connectivity index (χ2v) is 7.51. The monoisotopic (exact) mass is 361 g/mol. The third-order valence-corrected chi connectivity index (χ3v) is 4.63. The lowest BCUT2D eigenvalue weighted by Gasteiger charge is -2.23. The predicted octanol–water partition coefficient (Wildman–Crippen LogP) is 3.24. The summed E-state index contributed by atoms with van der Waals surface area (Å²) in [5, 5.41) is 8.11. The summed E-state index contributed by atoms with van der Waals surface area (Å²) < 4.78 is 5.34. The van der Waals surface area contributed by atoms with Crippen LogP contribution in [0.4, 0.5) is 0 Å². The molecule has 134 valence electrons. The van der Waals surface area contributed by atoms with Crippen LogP contribution in [0, 0.1) is 5.41 Å². The molecular weight excluding hydrogens is 338 g/mol. The van der Waals surface area contributed by atoms with Gasteiger partial charge in [0.25, 0.3) is 0 Å². The van der Waals surface area contributed by atoms with Gasteiger partial charge in [0.2, 0.25) is 11.7 Å². The molecule has 25 heavy (non-hydrogen) atoms. The number of guanidine groups is 1. The van der Waals surface area contributed by atoms with Crippen molar-refractivity contribution in [1.82, 2.24) is 20.4 Å². The molecule has 2 heterocycles. The summed E-state index contributed by atoms with van der Waals surface area (Å²) >= 11 is 5.90. The molecule has 1 N–H and O–H groups in total. The Kier molecular flexibility index (Phi) is 5.27. The number of benzene rings is 1. The van der Waals surface area contributed by atoms with Crippen molar-refractivity contribution in [3.63, 3.8) is 0 Å². The minimum Gasteiger partial charge on any atom is -0.356 e. The number of halogens is 1. The van der Waals surface area contributed by atoms with Gasteiger partial charge in [-0.2, -0.15) is 4.98 Å². The number of aromatic nitrogens is 2. The molecular formula is C18H24ClN5O. The summed E-state index contributed by atoms with van der Waals surface area (Å²) in [5.41, 5.74) is 1.24. The van der Waals surface area contributed by atoms with E-state index in [1.807, 2.05) is 31.3 Å². The molecule has 0 saturated carbocycles. The number of nitrogens with zero attached hydrogens (tertiary/aromatic N) is 4. The highest BCUT2D eigenvalue weighted by atomic mass is 35.5. The van der Waals surface area contributed by atoms with E-state index in [4.69, 9.17) is 16.1 Å². The molecule has 1 aromatic heterocycles. The van der Waals surface area contributed by atoms with E-state index < -0.39 is 0 Å². The van der Waals surface area contributed by atoms with Gasteiger partial charge in [-0.25, -0.2) is 0 Å². The average molecular weight is 362 g/mol. The maximum atomic E-state index is 5.90. The van der Waals surface area contributed by atoms with Crippen molar-refractivity contribution in [3.8, 4) is 11.4 Å². The van der Waals surface area contributed by atoms with Crippen molar-refractivity contribution in [2.45, 2.75) is 26.7 Å². The molecule has 1 aliphatic rings. The van der Waals surface area contributed by atoms with E-state index in [-0.39, 0.29) is 0 Å². The van der Waals surface area contributed by atoms with E-state index in [2.05, 4.69) is 39.2 Å². The van der Waals surface area contributed by atoms with Crippen LogP contribution in [0.15, 0.2) is 33.8 Å². The topological polar surface area (TPSA) is 66.5 Å². The molecule has 0 aliphatic carbocycles. The minimum absolute atomic E-state index is 0.345. The fourth-order valence-corrected chi connectivity index (χ4v) is 3.11. The molecule has 6 nitrogen and oxygen atoms in total. The zero-order valence-electron chi connectivity index (χ0n) is 14.9. The van der Waals surface area contributed by atoms with Crippen molar-refractivity contribution in [2.75, 3.05) is 26.7 Å². The Hall–Kier alpha value is -2.08. The Bertz CT molecular complexity index is 738. The number of likely N-dealkylation sites (tertiary alicyclic amines) is 1. The van der Waals surface area contributed by atoms with Crippen LogP contribution in [0.2, 0.25) is 5.02 Å². The first-order valence-electron chi connectivity index (χ1n) is 8.51. The van der Waals surface area contributed by atoms with Gasteiger partial charge in [-0.1, -0.05) is 30.6 Å². The van der Waals surface area contributed by atoms with Crippen molar-refractivity contribution in [2.24, 2.45) is 10.4 Å². The summed E-state index contributed by atoms with van der Waals surface area (Å²) in [4.78, 5) is 11.1. The van der Waals surface area contributed by atoms with Gasteiger partial charge in [0.1, 0.15) is 0 Å². The van der Waals surface area contributed by atoms with Crippen LogP contribution in [-0.2, 0) is 6.42 Å². The molecule has 2 aromatic rings. The fraction of sp³-hybridized carbons (Fsp3) is 0.500. The van der Waals surface area contributed by atoms with Gasteiger partial charge in [0, 0.05) is 43.7 Å². The first kappa shape index (κ1) is 17.7. The molecule has 1 saturated heterocycles. The fourth-order valence-electron chi connectivity index (χ4n) is 2.98. The lowest BCUT2D eigenvalue weighted by atomic mass is 9.93. The number of aliphatic imine (C=N–C) groups is 1. The van der Waals surface area contributed by atoms with Crippen molar-refractivity contribution in [3.05, 3.63) is 35.2 Å². The van der Waals surface area contributed by atoms with Crippen LogP contribution in [-0.4, -0.2) is 47.7 Å². The van der Waals surface area contributed by atoms with Gasteiger partial charge in [0.15, 0.2) is 5.96 Å². The van der Waals surface area contributed by atoms with Crippen molar-refractivity contribution < 1.29 is 4.52 Å². The molecule has 0 amide bonds. The second kappa shape index (κ2) is 7.44. The molecule has 1 aliphatic heterocycles. The average Bonchev–Trinajstić information content (AvgIpc) is 3.19. The summed E-state index contributed by atoms with van der Waals surface area (Å²) in [6.45, 7) is 7.34. The van der Waals surface area contributed by atoms with Crippen molar-refractivity contribution in [1.29, 1.82) is 0 Å². The Labute approximate surface area is 153 Å². The number of rotatable bonds is 4. The Morgan fingerprint density at radius 1 is 1.36 bits per heavy atom. The summed E-state index contributed by atoms with van der Waals surface area (Å²) in [7, 11) is 1.82. The number of hydrogen-bond donors (Lipinski definition) is 1. The molecule has 0 atom stereocenters. The number of hydrogen-bond acceptors (Lipinski definition) is 4. The summed E-state index contributed by atoms with van der Waals surface area (Å²) in [5.74, 6) is 2.12. The third-order valence-electron chi connectivity index (χ3n) is 4.38. The molecule has 0 radical (unpaired) electrons. The van der Waals surface area contributed by atoms with Crippen molar-refractivity contribution >= 4 is 17.6 Å². The minimum atomic E-state index is 0.345. The highest BCUT2D eigenvalue weighted by Gasteiger charge is 2.30. The summed E-state index contributed by atoms with van der Waals surface area (Å²) in [6, 6.07) is 7.39. The molecule has 1 fully saturated rings. The van der Waals surface area contributed by atoms with E-state index in [1.54, 1.807) is 0 Å². The Balaban J connectivity index is 1.53. The van der Waals surface area contributed by atoms with Gasteiger partial charge in [-0.05, 0) is 36.1 Å². The van der Waals surface area contributed by atoms with E-state index >= 15 is 0 Å². The normalized spacial score (nSPS) is 17.1. The standard InChI is InChI=1S/C18H24ClN5O/c1-18(2)9-11-24(12-18)17(20-3)21-10-8-15-22-16(23-25-15)13-4-6-14(19)7-5-13/h4-7H,8-12H2,1-3H3,(H,20,21). The van der Waals surface area contributed by atoms with Gasteiger partial charge in [-0.3, -0.25) is 4.99 Å². The molecule has 0 spiro atoms. The van der Waals surface area contributed by atoms with Crippen LogP contribution in [0.25, 0.3) is 11.4 Å². The van der Waals surface area contributed by atoms with E-state index in [0.29, 0.717) is 35.1 Å². The largest absolute Gasteiger partial charge is 0.356 e. The first-order chi connectivity index (χ1) is 12.0. The highest BCUT2D eigenvalue weighted by molar-refractivity contribution is 6.30.